The lowest BCUT2D eigenvalue weighted by molar-refractivity contribution is 0.215. The molecule has 0 saturated heterocycles. The van der Waals surface area contributed by atoms with E-state index in [0.717, 1.165) is 23.4 Å². The van der Waals surface area contributed by atoms with Gasteiger partial charge in [0.05, 0.1) is 6.61 Å². The maximum atomic E-state index is 11.9. The number of benzene rings is 2. The Bertz CT molecular complexity index is 670. The number of carbonyl (C=O) groups is 1. The predicted octanol–water partition coefficient (Wildman–Crippen LogP) is 3.37. The smallest absolute Gasteiger partial charge is 0.319 e. The molecule has 0 radical (unpaired) electrons. The molecule has 0 saturated carbocycles. The van der Waals surface area contributed by atoms with Crippen LogP contribution < -0.4 is 15.4 Å². The fourth-order valence-corrected chi connectivity index (χ4v) is 2.66. The second-order valence-electron chi connectivity index (χ2n) is 5.69. The van der Waals surface area contributed by atoms with Gasteiger partial charge >= 0.3 is 6.03 Å². The maximum Gasteiger partial charge on any atom is 0.319 e. The Morgan fingerprint density at radius 3 is 2.95 bits per heavy atom. The van der Waals surface area contributed by atoms with Crippen LogP contribution in [0.1, 0.15) is 11.1 Å². The lowest BCUT2D eigenvalue weighted by Gasteiger charge is -2.25. The highest BCUT2D eigenvalue weighted by atomic mass is 16.5. The number of fused-ring (bicyclic) bond motifs is 1. The van der Waals surface area contributed by atoms with Crippen LogP contribution >= 0.6 is 0 Å². The highest BCUT2D eigenvalue weighted by Crippen LogP contribution is 2.26. The molecule has 4 nitrogen and oxygen atoms in total. The quantitative estimate of drug-likeness (QED) is 0.912. The van der Waals surface area contributed by atoms with Gasteiger partial charge in [0.2, 0.25) is 0 Å². The molecule has 2 amide bonds. The van der Waals surface area contributed by atoms with E-state index in [1.54, 1.807) is 0 Å². The topological polar surface area (TPSA) is 50.4 Å². The minimum Gasteiger partial charge on any atom is -0.493 e. The second kappa shape index (κ2) is 6.52. The van der Waals surface area contributed by atoms with Gasteiger partial charge in [-0.1, -0.05) is 30.3 Å². The van der Waals surface area contributed by atoms with E-state index in [0.29, 0.717) is 19.1 Å². The third-order valence-corrected chi connectivity index (χ3v) is 3.78. The van der Waals surface area contributed by atoms with Crippen LogP contribution in [0.2, 0.25) is 0 Å². The van der Waals surface area contributed by atoms with Crippen LogP contribution in [0.4, 0.5) is 10.5 Å². The molecule has 0 unspecified atom stereocenters. The molecule has 0 aliphatic carbocycles. The number of amides is 2. The second-order valence-corrected chi connectivity index (χ2v) is 5.69. The van der Waals surface area contributed by atoms with Crippen molar-refractivity contribution in [3.63, 3.8) is 0 Å². The number of hydrogen-bond acceptors (Lipinski definition) is 2. The minimum absolute atomic E-state index is 0.176. The number of carbonyl (C=O) groups excluding carboxylic acids is 1. The molecule has 0 aromatic heterocycles. The summed E-state index contributed by atoms with van der Waals surface area (Å²) < 4.78 is 5.73. The average molecular weight is 296 g/mol. The average Bonchev–Trinajstić information content (AvgIpc) is 2.53. The van der Waals surface area contributed by atoms with Crippen molar-refractivity contribution in [2.45, 2.75) is 13.3 Å². The molecule has 4 heteroatoms. The van der Waals surface area contributed by atoms with Crippen molar-refractivity contribution in [2.75, 3.05) is 18.5 Å². The summed E-state index contributed by atoms with van der Waals surface area (Å²) in [5.74, 6) is 1.26. The maximum absolute atomic E-state index is 11.9. The molecule has 3 rings (SSSR count). The van der Waals surface area contributed by atoms with Gasteiger partial charge in [0.1, 0.15) is 5.75 Å². The number of anilines is 1. The first-order valence-corrected chi connectivity index (χ1v) is 7.53. The third-order valence-electron chi connectivity index (χ3n) is 3.78. The largest absolute Gasteiger partial charge is 0.493 e. The highest BCUT2D eigenvalue weighted by molar-refractivity contribution is 5.89. The van der Waals surface area contributed by atoms with Crippen LogP contribution in [0.25, 0.3) is 0 Å². The molecule has 1 heterocycles. The normalized spacial score (nSPS) is 16.3. The molecule has 1 atom stereocenters. The Morgan fingerprint density at radius 1 is 1.23 bits per heavy atom. The van der Waals surface area contributed by atoms with Crippen molar-refractivity contribution in [3.8, 4) is 5.75 Å². The number of rotatable bonds is 3. The van der Waals surface area contributed by atoms with Gasteiger partial charge in [0.25, 0.3) is 0 Å². The first-order valence-electron chi connectivity index (χ1n) is 7.53. The number of ether oxygens (including phenoxy) is 1. The summed E-state index contributed by atoms with van der Waals surface area (Å²) in [5.41, 5.74) is 3.14. The molecule has 22 heavy (non-hydrogen) atoms. The van der Waals surface area contributed by atoms with E-state index in [-0.39, 0.29) is 6.03 Å². The summed E-state index contributed by atoms with van der Waals surface area (Å²) in [6.45, 7) is 3.24. The molecule has 2 N–H and O–H groups in total. The lowest BCUT2D eigenvalue weighted by atomic mass is 9.97. The van der Waals surface area contributed by atoms with Gasteiger partial charge in [0.15, 0.2) is 0 Å². The molecular formula is C18H20N2O2. The molecule has 0 spiro atoms. The van der Waals surface area contributed by atoms with Crippen molar-refractivity contribution < 1.29 is 9.53 Å². The molecule has 0 bridgehead atoms. The van der Waals surface area contributed by atoms with E-state index in [2.05, 4.69) is 16.7 Å². The number of aryl methyl sites for hydroxylation is 1. The third kappa shape index (κ3) is 3.58. The summed E-state index contributed by atoms with van der Waals surface area (Å²) >= 11 is 0. The number of urea groups is 1. The molecule has 114 valence electrons. The Morgan fingerprint density at radius 2 is 2.09 bits per heavy atom. The molecule has 0 fully saturated rings. The number of hydrogen-bond donors (Lipinski definition) is 2. The van der Waals surface area contributed by atoms with E-state index in [1.807, 2.05) is 49.4 Å². The Labute approximate surface area is 130 Å². The van der Waals surface area contributed by atoms with Crippen molar-refractivity contribution in [1.82, 2.24) is 5.32 Å². The van der Waals surface area contributed by atoms with Gasteiger partial charge in [-0.3, -0.25) is 0 Å². The van der Waals surface area contributed by atoms with E-state index in [4.69, 9.17) is 4.74 Å². The predicted molar refractivity (Wildman–Crippen MR) is 87.3 cm³/mol. The first-order chi connectivity index (χ1) is 10.7. The van der Waals surface area contributed by atoms with Crippen molar-refractivity contribution in [3.05, 3.63) is 59.7 Å². The van der Waals surface area contributed by atoms with Gasteiger partial charge < -0.3 is 15.4 Å². The number of nitrogens with one attached hydrogen (secondary N) is 2. The SMILES string of the molecule is Cc1cccc(NC(=O)NC[C@@H]2COc3ccccc3C2)c1. The molecule has 2 aromatic carbocycles. The van der Waals surface area contributed by atoms with E-state index >= 15 is 0 Å². The fourth-order valence-electron chi connectivity index (χ4n) is 2.66. The summed E-state index contributed by atoms with van der Waals surface area (Å²) in [7, 11) is 0. The van der Waals surface area contributed by atoms with Crippen LogP contribution in [0, 0.1) is 12.8 Å². The fraction of sp³-hybridized carbons (Fsp3) is 0.278. The first kappa shape index (κ1) is 14.4. The summed E-state index contributed by atoms with van der Waals surface area (Å²) in [6, 6.07) is 15.6. The van der Waals surface area contributed by atoms with Crippen LogP contribution in [0.5, 0.6) is 5.75 Å². The summed E-state index contributed by atoms with van der Waals surface area (Å²) in [6.07, 6.45) is 0.931. The molecule has 2 aromatic rings. The van der Waals surface area contributed by atoms with Crippen molar-refractivity contribution >= 4 is 11.7 Å². The summed E-state index contributed by atoms with van der Waals surface area (Å²) in [5, 5.41) is 5.77. The molecular weight excluding hydrogens is 276 g/mol. The Kier molecular flexibility index (Phi) is 4.28. The Balaban J connectivity index is 1.50. The van der Waals surface area contributed by atoms with Crippen LogP contribution in [-0.2, 0) is 6.42 Å². The van der Waals surface area contributed by atoms with E-state index in [1.165, 1.54) is 5.56 Å². The van der Waals surface area contributed by atoms with E-state index in [9.17, 15) is 4.79 Å². The zero-order valence-corrected chi connectivity index (χ0v) is 12.6. The molecule has 1 aliphatic rings. The van der Waals surface area contributed by atoms with Crippen LogP contribution in [0.15, 0.2) is 48.5 Å². The molecule has 1 aliphatic heterocycles. The van der Waals surface area contributed by atoms with Crippen LogP contribution in [0.3, 0.4) is 0 Å². The number of para-hydroxylation sites is 1. The van der Waals surface area contributed by atoms with Crippen LogP contribution in [-0.4, -0.2) is 19.2 Å². The minimum atomic E-state index is -0.176. The van der Waals surface area contributed by atoms with Crippen molar-refractivity contribution in [2.24, 2.45) is 5.92 Å². The lowest BCUT2D eigenvalue weighted by Crippen LogP contribution is -2.37. The Hall–Kier alpha value is -2.49. The monoisotopic (exact) mass is 296 g/mol. The van der Waals surface area contributed by atoms with Crippen molar-refractivity contribution in [1.29, 1.82) is 0 Å². The zero-order valence-electron chi connectivity index (χ0n) is 12.6. The van der Waals surface area contributed by atoms with Gasteiger partial charge in [0, 0.05) is 18.2 Å². The highest BCUT2D eigenvalue weighted by Gasteiger charge is 2.19. The standard InChI is InChI=1S/C18H20N2O2/c1-13-5-4-7-16(9-13)20-18(21)19-11-14-10-15-6-2-3-8-17(15)22-12-14/h2-9,14H,10-12H2,1H3,(H2,19,20,21)/t14-/m1/s1. The van der Waals surface area contributed by atoms with Gasteiger partial charge in [-0.15, -0.1) is 0 Å². The summed E-state index contributed by atoms with van der Waals surface area (Å²) in [4.78, 5) is 11.9. The van der Waals surface area contributed by atoms with E-state index < -0.39 is 0 Å². The zero-order chi connectivity index (χ0) is 15.4. The van der Waals surface area contributed by atoms with Gasteiger partial charge in [-0.05, 0) is 42.7 Å². The van der Waals surface area contributed by atoms with Gasteiger partial charge in [-0.2, -0.15) is 0 Å². The van der Waals surface area contributed by atoms with Gasteiger partial charge in [-0.25, -0.2) is 4.79 Å².